The number of hydrogen-bond donors (Lipinski definition) is 1. The maximum atomic E-state index is 11.3. The molecule has 0 unspecified atom stereocenters. The number of carboxylic acids is 1. The molecular weight excluding hydrogens is 278 g/mol. The molecule has 6 heteroatoms. The van der Waals surface area contributed by atoms with Gasteiger partial charge in [-0.25, -0.2) is 4.98 Å². The molecular formula is C14H21NO4S. The van der Waals surface area contributed by atoms with Crippen LogP contribution in [0.1, 0.15) is 44.3 Å². The summed E-state index contributed by atoms with van der Waals surface area (Å²) >= 11 is 1.48. The van der Waals surface area contributed by atoms with Gasteiger partial charge < -0.3 is 14.6 Å². The molecule has 0 aromatic carbocycles. The zero-order valence-electron chi connectivity index (χ0n) is 12.1. The lowest BCUT2D eigenvalue weighted by molar-refractivity contribution is -0.142. The number of ether oxygens (including phenoxy) is 2. The molecule has 1 aliphatic rings. The number of rotatable bonds is 5. The molecule has 112 valence electrons. The molecule has 0 saturated carbocycles. The number of nitrogens with zero attached hydrogens (tertiary/aromatic N) is 1. The molecule has 1 aromatic rings. The van der Waals surface area contributed by atoms with E-state index < -0.39 is 17.0 Å². The Morgan fingerprint density at radius 1 is 1.55 bits per heavy atom. The normalized spacial score (nSPS) is 18.9. The van der Waals surface area contributed by atoms with E-state index in [0.717, 1.165) is 17.8 Å². The van der Waals surface area contributed by atoms with Crippen molar-refractivity contribution in [2.45, 2.75) is 44.6 Å². The van der Waals surface area contributed by atoms with Gasteiger partial charge in [-0.1, -0.05) is 0 Å². The molecule has 0 bridgehead atoms. The van der Waals surface area contributed by atoms with E-state index in [2.05, 4.69) is 4.98 Å². The Morgan fingerprint density at radius 2 is 2.20 bits per heavy atom. The Balaban J connectivity index is 2.32. The van der Waals surface area contributed by atoms with Gasteiger partial charge in [0.25, 0.3) is 0 Å². The molecule has 0 radical (unpaired) electrons. The quantitative estimate of drug-likeness (QED) is 0.905. The van der Waals surface area contributed by atoms with Crippen molar-refractivity contribution in [3.63, 3.8) is 0 Å². The largest absolute Gasteiger partial charge is 0.481 e. The molecule has 1 saturated heterocycles. The van der Waals surface area contributed by atoms with Crippen LogP contribution in [0.3, 0.4) is 0 Å². The summed E-state index contributed by atoms with van der Waals surface area (Å²) in [4.78, 5) is 15.9. The van der Waals surface area contributed by atoms with E-state index in [1.807, 2.05) is 12.3 Å². The van der Waals surface area contributed by atoms with Crippen molar-refractivity contribution in [1.82, 2.24) is 4.98 Å². The van der Waals surface area contributed by atoms with Crippen LogP contribution in [0.25, 0.3) is 0 Å². The summed E-state index contributed by atoms with van der Waals surface area (Å²) in [5.41, 5.74) is -0.798. The van der Waals surface area contributed by atoms with Gasteiger partial charge >= 0.3 is 5.97 Å². The smallest absolute Gasteiger partial charge is 0.315 e. The number of aromatic nitrogens is 1. The maximum Gasteiger partial charge on any atom is 0.315 e. The molecule has 0 aliphatic carbocycles. The van der Waals surface area contributed by atoms with Crippen molar-refractivity contribution in [2.75, 3.05) is 19.8 Å². The summed E-state index contributed by atoms with van der Waals surface area (Å²) in [5, 5.41) is 12.0. The fraction of sp³-hybridized carbons (Fsp3) is 0.714. The van der Waals surface area contributed by atoms with E-state index in [9.17, 15) is 9.90 Å². The maximum absolute atomic E-state index is 11.3. The monoisotopic (exact) mass is 299 g/mol. The van der Waals surface area contributed by atoms with Crippen LogP contribution in [0.2, 0.25) is 0 Å². The number of aliphatic carboxylic acids is 1. The summed E-state index contributed by atoms with van der Waals surface area (Å²) in [6, 6.07) is 0. The lowest BCUT2D eigenvalue weighted by atomic mass is 9.90. The summed E-state index contributed by atoms with van der Waals surface area (Å²) < 4.78 is 11.4. The molecule has 0 atom stereocenters. The first-order valence-electron chi connectivity index (χ1n) is 6.84. The second kappa shape index (κ2) is 5.79. The Labute approximate surface area is 122 Å². The molecule has 1 aromatic heterocycles. The van der Waals surface area contributed by atoms with Gasteiger partial charge in [0.2, 0.25) is 0 Å². The van der Waals surface area contributed by atoms with Crippen molar-refractivity contribution in [3.8, 4) is 0 Å². The standard InChI is InChI=1S/C14H21NO4S/c1-4-19-14(5-7-18-8-6-14)11-15-10(9-20-11)13(2,3)12(16)17/h9H,4-8H2,1-3H3,(H,16,17). The summed E-state index contributed by atoms with van der Waals surface area (Å²) in [5.74, 6) is -0.869. The van der Waals surface area contributed by atoms with Crippen molar-refractivity contribution in [2.24, 2.45) is 0 Å². The first-order chi connectivity index (χ1) is 9.42. The Kier molecular flexibility index (Phi) is 4.46. The van der Waals surface area contributed by atoms with Gasteiger partial charge in [0.05, 0.1) is 5.69 Å². The molecule has 20 heavy (non-hydrogen) atoms. The average Bonchev–Trinajstić information content (AvgIpc) is 2.90. The van der Waals surface area contributed by atoms with E-state index in [-0.39, 0.29) is 0 Å². The van der Waals surface area contributed by atoms with Crippen molar-refractivity contribution < 1.29 is 19.4 Å². The van der Waals surface area contributed by atoms with Crippen molar-refractivity contribution in [3.05, 3.63) is 16.1 Å². The number of carbonyl (C=O) groups is 1. The van der Waals surface area contributed by atoms with Gasteiger partial charge in [0.15, 0.2) is 0 Å². The highest BCUT2D eigenvalue weighted by molar-refractivity contribution is 7.09. The van der Waals surface area contributed by atoms with Crippen LogP contribution >= 0.6 is 11.3 Å². The van der Waals surface area contributed by atoms with E-state index >= 15 is 0 Å². The molecule has 2 heterocycles. The van der Waals surface area contributed by atoms with Gasteiger partial charge in [-0.2, -0.15) is 0 Å². The zero-order valence-corrected chi connectivity index (χ0v) is 13.0. The van der Waals surface area contributed by atoms with Gasteiger partial charge in [-0.15, -0.1) is 11.3 Å². The Hall–Kier alpha value is -0.980. The third-order valence-corrected chi connectivity index (χ3v) is 4.82. The molecule has 0 spiro atoms. The number of thiazole rings is 1. The van der Waals surface area contributed by atoms with Crippen LogP contribution in [-0.4, -0.2) is 35.9 Å². The predicted molar refractivity (Wildman–Crippen MR) is 76.1 cm³/mol. The highest BCUT2D eigenvalue weighted by Gasteiger charge is 2.40. The third-order valence-electron chi connectivity index (χ3n) is 3.79. The summed E-state index contributed by atoms with van der Waals surface area (Å²) in [7, 11) is 0. The number of carboxylic acid groups (broad SMARTS) is 1. The number of hydrogen-bond acceptors (Lipinski definition) is 5. The lowest BCUT2D eigenvalue weighted by Gasteiger charge is -2.35. The SMILES string of the molecule is CCOC1(c2nc(C(C)(C)C(=O)O)cs2)CCOCC1. The van der Waals surface area contributed by atoms with Gasteiger partial charge in [-0.05, 0) is 20.8 Å². The summed E-state index contributed by atoms with van der Waals surface area (Å²) in [6.45, 7) is 7.22. The minimum absolute atomic E-state index is 0.412. The second-order valence-electron chi connectivity index (χ2n) is 5.51. The highest BCUT2D eigenvalue weighted by atomic mass is 32.1. The molecule has 2 rings (SSSR count). The van der Waals surface area contributed by atoms with Crippen LogP contribution in [0, 0.1) is 0 Å². The Bertz CT molecular complexity index is 472. The van der Waals surface area contributed by atoms with Crippen LogP contribution in [0.5, 0.6) is 0 Å². The van der Waals surface area contributed by atoms with Crippen molar-refractivity contribution >= 4 is 17.3 Å². The fourth-order valence-electron chi connectivity index (χ4n) is 2.28. The van der Waals surface area contributed by atoms with E-state index in [4.69, 9.17) is 9.47 Å². The van der Waals surface area contributed by atoms with Gasteiger partial charge in [-0.3, -0.25) is 4.79 Å². The van der Waals surface area contributed by atoms with Crippen LogP contribution in [0.4, 0.5) is 0 Å². The molecule has 0 amide bonds. The van der Waals surface area contributed by atoms with E-state index in [1.165, 1.54) is 11.3 Å². The minimum atomic E-state index is -0.979. The van der Waals surface area contributed by atoms with Crippen LogP contribution < -0.4 is 0 Å². The molecule has 1 fully saturated rings. The molecule has 1 N–H and O–H groups in total. The van der Waals surface area contributed by atoms with E-state index in [1.54, 1.807) is 13.8 Å². The second-order valence-corrected chi connectivity index (χ2v) is 6.37. The predicted octanol–water partition coefficient (Wildman–Crippen LogP) is 2.55. The topological polar surface area (TPSA) is 68.7 Å². The first kappa shape index (κ1) is 15.4. The van der Waals surface area contributed by atoms with Crippen LogP contribution in [-0.2, 0) is 25.3 Å². The van der Waals surface area contributed by atoms with Crippen molar-refractivity contribution in [1.29, 1.82) is 0 Å². The fourth-order valence-corrected chi connectivity index (χ4v) is 3.48. The summed E-state index contributed by atoms with van der Waals surface area (Å²) in [6.07, 6.45) is 1.53. The molecule has 5 nitrogen and oxygen atoms in total. The molecule has 1 aliphatic heterocycles. The van der Waals surface area contributed by atoms with E-state index in [0.29, 0.717) is 25.5 Å². The average molecular weight is 299 g/mol. The minimum Gasteiger partial charge on any atom is -0.481 e. The zero-order chi connectivity index (χ0) is 14.8. The third kappa shape index (κ3) is 2.73. The van der Waals surface area contributed by atoms with Gasteiger partial charge in [0.1, 0.15) is 16.0 Å². The Morgan fingerprint density at radius 3 is 2.75 bits per heavy atom. The first-order valence-corrected chi connectivity index (χ1v) is 7.72. The lowest BCUT2D eigenvalue weighted by Crippen LogP contribution is -2.37. The highest BCUT2D eigenvalue weighted by Crippen LogP contribution is 2.39. The van der Waals surface area contributed by atoms with Crippen LogP contribution in [0.15, 0.2) is 5.38 Å². The van der Waals surface area contributed by atoms with Gasteiger partial charge in [0, 0.05) is 38.0 Å².